The fourth-order valence-corrected chi connectivity index (χ4v) is 1.87. The van der Waals surface area contributed by atoms with E-state index in [-0.39, 0.29) is 36.0 Å². The molecule has 0 unspecified atom stereocenters. The highest BCUT2D eigenvalue weighted by molar-refractivity contribution is 5.98. The van der Waals surface area contributed by atoms with Crippen molar-refractivity contribution >= 4 is 22.6 Å². The number of benzene rings is 1. The van der Waals surface area contributed by atoms with Crippen molar-refractivity contribution in [2.75, 3.05) is 20.5 Å². The molecule has 8 nitrogen and oxygen atoms in total. The number of nitro benzene ring substituents is 1. The zero-order valence-electron chi connectivity index (χ0n) is 11.5. The van der Waals surface area contributed by atoms with Crippen LogP contribution in [0.3, 0.4) is 0 Å². The van der Waals surface area contributed by atoms with E-state index >= 15 is 0 Å². The Labute approximate surface area is 119 Å². The Kier molecular flexibility index (Phi) is 4.39. The second-order valence-electron chi connectivity index (χ2n) is 4.12. The van der Waals surface area contributed by atoms with Gasteiger partial charge in [-0.2, -0.15) is 0 Å². The monoisotopic (exact) mass is 294 g/mol. The molecule has 0 aliphatic rings. The van der Waals surface area contributed by atoms with Gasteiger partial charge in [0.1, 0.15) is 17.0 Å². The third-order valence-corrected chi connectivity index (χ3v) is 2.72. The van der Waals surface area contributed by atoms with Crippen molar-refractivity contribution in [3.63, 3.8) is 0 Å². The van der Waals surface area contributed by atoms with E-state index in [1.54, 1.807) is 13.0 Å². The van der Waals surface area contributed by atoms with Crippen LogP contribution in [0.5, 0.6) is 5.75 Å². The maximum absolute atomic E-state index is 11.7. The molecule has 0 aliphatic carbocycles. The zero-order valence-corrected chi connectivity index (χ0v) is 11.5. The summed E-state index contributed by atoms with van der Waals surface area (Å²) in [5.41, 5.74) is 0.209. The van der Waals surface area contributed by atoms with Crippen molar-refractivity contribution < 1.29 is 23.9 Å². The SMILES string of the molecule is CCOC(=O)c1cc2cc(OCOC)cc([N+](=O)[O-])c2[nH]1. The molecule has 0 saturated heterocycles. The minimum absolute atomic E-state index is 0.0299. The lowest BCUT2D eigenvalue weighted by Crippen LogP contribution is -2.04. The Balaban J connectivity index is 2.50. The highest BCUT2D eigenvalue weighted by Crippen LogP contribution is 2.31. The lowest BCUT2D eigenvalue weighted by Gasteiger charge is -2.04. The number of nitro groups is 1. The molecule has 1 N–H and O–H groups in total. The van der Waals surface area contributed by atoms with Gasteiger partial charge in [0, 0.05) is 12.5 Å². The Morgan fingerprint density at radius 1 is 1.38 bits per heavy atom. The number of carbonyl (C=O) groups is 1. The third kappa shape index (κ3) is 3.11. The molecule has 0 spiro atoms. The van der Waals surface area contributed by atoms with Crippen LogP contribution in [-0.4, -0.2) is 36.4 Å². The molecular weight excluding hydrogens is 280 g/mol. The van der Waals surface area contributed by atoms with Gasteiger partial charge in [0.05, 0.1) is 17.6 Å². The van der Waals surface area contributed by atoms with Gasteiger partial charge in [-0.3, -0.25) is 10.1 Å². The van der Waals surface area contributed by atoms with Crippen LogP contribution in [0.2, 0.25) is 0 Å². The van der Waals surface area contributed by atoms with E-state index in [9.17, 15) is 14.9 Å². The lowest BCUT2D eigenvalue weighted by atomic mass is 10.2. The normalized spacial score (nSPS) is 10.6. The van der Waals surface area contributed by atoms with E-state index in [2.05, 4.69) is 4.98 Å². The van der Waals surface area contributed by atoms with Crippen LogP contribution in [0.25, 0.3) is 10.9 Å². The summed E-state index contributed by atoms with van der Waals surface area (Å²) in [5, 5.41) is 11.6. The van der Waals surface area contributed by atoms with E-state index in [0.29, 0.717) is 5.39 Å². The van der Waals surface area contributed by atoms with E-state index in [1.807, 2.05) is 0 Å². The molecule has 0 fully saturated rings. The van der Waals surface area contributed by atoms with Gasteiger partial charge in [-0.05, 0) is 19.1 Å². The number of carbonyl (C=O) groups excluding carboxylic acids is 1. The Morgan fingerprint density at radius 2 is 2.14 bits per heavy atom. The van der Waals surface area contributed by atoms with Gasteiger partial charge >= 0.3 is 5.97 Å². The average molecular weight is 294 g/mol. The van der Waals surface area contributed by atoms with Crippen molar-refractivity contribution in [3.8, 4) is 5.75 Å². The van der Waals surface area contributed by atoms with Crippen LogP contribution in [0.15, 0.2) is 18.2 Å². The summed E-state index contributed by atoms with van der Waals surface area (Å²) in [6.07, 6.45) is 0. The predicted molar refractivity (Wildman–Crippen MR) is 73.4 cm³/mol. The number of non-ortho nitro benzene ring substituents is 1. The topological polar surface area (TPSA) is 104 Å². The number of hydrogen-bond acceptors (Lipinski definition) is 6. The third-order valence-electron chi connectivity index (χ3n) is 2.72. The summed E-state index contributed by atoms with van der Waals surface area (Å²) in [5.74, 6) is -0.284. The predicted octanol–water partition coefficient (Wildman–Crippen LogP) is 2.24. The van der Waals surface area contributed by atoms with Crippen LogP contribution >= 0.6 is 0 Å². The van der Waals surface area contributed by atoms with Crippen LogP contribution < -0.4 is 4.74 Å². The molecule has 8 heteroatoms. The van der Waals surface area contributed by atoms with Crippen molar-refractivity contribution in [3.05, 3.63) is 34.0 Å². The number of rotatable bonds is 6. The van der Waals surface area contributed by atoms with Gasteiger partial charge in [0.15, 0.2) is 6.79 Å². The van der Waals surface area contributed by atoms with Gasteiger partial charge < -0.3 is 19.2 Å². The van der Waals surface area contributed by atoms with Crippen LogP contribution in [0.1, 0.15) is 17.4 Å². The largest absolute Gasteiger partial charge is 0.467 e. The number of fused-ring (bicyclic) bond motifs is 1. The molecule has 0 saturated carbocycles. The Bertz CT molecular complexity index is 679. The summed E-state index contributed by atoms with van der Waals surface area (Å²) in [6.45, 7) is 1.87. The van der Waals surface area contributed by atoms with E-state index < -0.39 is 10.9 Å². The molecule has 0 atom stereocenters. The Hall–Kier alpha value is -2.61. The molecule has 0 aliphatic heterocycles. The first-order valence-electron chi connectivity index (χ1n) is 6.16. The molecule has 21 heavy (non-hydrogen) atoms. The summed E-state index contributed by atoms with van der Waals surface area (Å²) < 4.78 is 14.8. The van der Waals surface area contributed by atoms with Crippen LogP contribution in [0, 0.1) is 10.1 Å². The highest BCUT2D eigenvalue weighted by atomic mass is 16.7. The Morgan fingerprint density at radius 3 is 2.76 bits per heavy atom. The number of aromatic amines is 1. The molecular formula is C13H14N2O6. The van der Waals surface area contributed by atoms with Gasteiger partial charge in [0.2, 0.25) is 0 Å². The number of aromatic nitrogens is 1. The molecule has 0 radical (unpaired) electrons. The maximum atomic E-state index is 11.7. The lowest BCUT2D eigenvalue weighted by molar-refractivity contribution is -0.383. The number of nitrogens with one attached hydrogen (secondary N) is 1. The second kappa shape index (κ2) is 6.23. The summed E-state index contributed by atoms with van der Waals surface area (Å²) in [4.78, 5) is 25.0. The fourth-order valence-electron chi connectivity index (χ4n) is 1.87. The standard InChI is InChI=1S/C13H14N2O6/c1-3-20-13(16)10-5-8-4-9(21-7-19-2)6-11(15(17)18)12(8)14-10/h4-6,14H,3,7H2,1-2H3. The van der Waals surface area contributed by atoms with Crippen molar-refractivity contribution in [1.82, 2.24) is 4.98 Å². The van der Waals surface area contributed by atoms with Crippen LogP contribution in [-0.2, 0) is 9.47 Å². The van der Waals surface area contributed by atoms with Crippen LogP contribution in [0.4, 0.5) is 5.69 Å². The summed E-state index contributed by atoms with van der Waals surface area (Å²) in [6, 6.07) is 4.34. The molecule has 1 aromatic heterocycles. The molecule has 0 amide bonds. The molecule has 2 rings (SSSR count). The fraction of sp³-hybridized carbons (Fsp3) is 0.308. The quantitative estimate of drug-likeness (QED) is 0.379. The molecule has 2 aromatic rings. The number of methoxy groups -OCH3 is 1. The van der Waals surface area contributed by atoms with Crippen molar-refractivity contribution in [2.45, 2.75) is 6.92 Å². The van der Waals surface area contributed by atoms with Crippen molar-refractivity contribution in [2.24, 2.45) is 0 Å². The zero-order chi connectivity index (χ0) is 15.4. The van der Waals surface area contributed by atoms with Gasteiger partial charge in [-0.15, -0.1) is 0 Å². The number of H-pyrrole nitrogens is 1. The number of hydrogen-bond donors (Lipinski definition) is 1. The van der Waals surface area contributed by atoms with Crippen molar-refractivity contribution in [1.29, 1.82) is 0 Å². The first kappa shape index (κ1) is 14.8. The second-order valence-corrected chi connectivity index (χ2v) is 4.12. The molecule has 0 bridgehead atoms. The average Bonchev–Trinajstić information content (AvgIpc) is 2.88. The maximum Gasteiger partial charge on any atom is 0.354 e. The number of esters is 1. The van der Waals surface area contributed by atoms with Gasteiger partial charge in [-0.1, -0.05) is 0 Å². The first-order valence-corrected chi connectivity index (χ1v) is 6.16. The van der Waals surface area contributed by atoms with Gasteiger partial charge in [0.25, 0.3) is 5.69 Å². The molecule has 1 aromatic carbocycles. The minimum atomic E-state index is -0.567. The smallest absolute Gasteiger partial charge is 0.354 e. The number of ether oxygens (including phenoxy) is 3. The first-order chi connectivity index (χ1) is 10.1. The van der Waals surface area contributed by atoms with E-state index in [4.69, 9.17) is 14.2 Å². The van der Waals surface area contributed by atoms with E-state index in [0.717, 1.165) is 0 Å². The summed E-state index contributed by atoms with van der Waals surface area (Å²) in [7, 11) is 1.45. The number of nitrogens with zero attached hydrogens (tertiary/aromatic N) is 1. The molecule has 1 heterocycles. The van der Waals surface area contributed by atoms with Gasteiger partial charge in [-0.25, -0.2) is 4.79 Å². The van der Waals surface area contributed by atoms with E-state index in [1.165, 1.54) is 19.2 Å². The summed E-state index contributed by atoms with van der Waals surface area (Å²) >= 11 is 0. The highest BCUT2D eigenvalue weighted by Gasteiger charge is 2.20. The minimum Gasteiger partial charge on any atom is -0.467 e. The molecule has 112 valence electrons.